The summed E-state index contributed by atoms with van der Waals surface area (Å²) in [4.78, 5) is 0.169. The van der Waals surface area contributed by atoms with Crippen molar-refractivity contribution in [2.45, 2.75) is 18.0 Å². The zero-order chi connectivity index (χ0) is 17.4. The van der Waals surface area contributed by atoms with Gasteiger partial charge < -0.3 is 0 Å². The molecule has 1 aromatic carbocycles. The monoisotopic (exact) mass is 381 g/mol. The highest BCUT2D eigenvalue weighted by Crippen LogP contribution is 2.37. The maximum absolute atomic E-state index is 12.7. The Labute approximate surface area is 141 Å². The molecule has 10 heteroatoms. The summed E-state index contributed by atoms with van der Waals surface area (Å²) in [6.45, 7) is 1.66. The Morgan fingerprint density at radius 1 is 1.35 bits per heavy atom. The highest BCUT2D eigenvalue weighted by atomic mass is 35.5. The molecular formula is C13H8Cl2F3N3OS. The van der Waals surface area contributed by atoms with Crippen LogP contribution >= 0.6 is 23.2 Å². The summed E-state index contributed by atoms with van der Waals surface area (Å²) in [6.07, 6.45) is -3.32. The third-order valence-corrected chi connectivity index (χ3v) is 4.76. The molecule has 0 aliphatic heterocycles. The molecule has 4 nitrogen and oxygen atoms in total. The van der Waals surface area contributed by atoms with Gasteiger partial charge in [0.05, 0.1) is 31.3 Å². The Bertz CT molecular complexity index is 804. The zero-order valence-electron chi connectivity index (χ0n) is 11.5. The molecule has 0 radical (unpaired) electrons. The predicted octanol–water partition coefficient (Wildman–Crippen LogP) is 4.20. The molecule has 0 spiro atoms. The van der Waals surface area contributed by atoms with Crippen molar-refractivity contribution in [3.8, 4) is 11.8 Å². The van der Waals surface area contributed by atoms with Crippen molar-refractivity contribution in [2.24, 2.45) is 0 Å². The zero-order valence-corrected chi connectivity index (χ0v) is 13.8. The molecule has 1 heterocycles. The number of hydrogen-bond donors (Lipinski definition) is 0. The highest BCUT2D eigenvalue weighted by Gasteiger charge is 2.32. The number of aromatic nitrogens is 2. The van der Waals surface area contributed by atoms with Crippen LogP contribution in [0.25, 0.3) is 5.69 Å². The minimum Gasteiger partial charge on any atom is -0.254 e. The standard InChI is InChI=1S/C13H8Cl2F3N3OS/c1-2-23(22)11-6-21(20-10(11)5-19)12-8(14)3-7(4-9(12)15)13(16,17)18/h3-4,6H,2H2,1H3. The molecule has 1 aromatic heterocycles. The predicted molar refractivity (Wildman–Crippen MR) is 80.3 cm³/mol. The van der Waals surface area contributed by atoms with E-state index in [0.29, 0.717) is 12.1 Å². The molecule has 122 valence electrons. The molecule has 0 amide bonds. The van der Waals surface area contributed by atoms with Crippen LogP contribution in [0.4, 0.5) is 13.2 Å². The van der Waals surface area contributed by atoms with Crippen molar-refractivity contribution < 1.29 is 17.4 Å². The second-order valence-corrected chi connectivity index (χ2v) is 6.84. The van der Waals surface area contributed by atoms with Gasteiger partial charge in [-0.2, -0.15) is 23.5 Å². The highest BCUT2D eigenvalue weighted by molar-refractivity contribution is 7.85. The van der Waals surface area contributed by atoms with Crippen LogP contribution in [0.2, 0.25) is 10.0 Å². The average Bonchev–Trinajstić information content (AvgIpc) is 2.88. The molecule has 0 saturated heterocycles. The summed E-state index contributed by atoms with van der Waals surface area (Å²) in [5.41, 5.74) is -1.12. The molecule has 2 aromatic rings. The van der Waals surface area contributed by atoms with Gasteiger partial charge in [-0.3, -0.25) is 4.21 Å². The van der Waals surface area contributed by atoms with Gasteiger partial charge in [-0.25, -0.2) is 4.68 Å². The number of benzene rings is 1. The van der Waals surface area contributed by atoms with E-state index in [1.54, 1.807) is 13.0 Å². The summed E-state index contributed by atoms with van der Waals surface area (Å²) < 4.78 is 51.1. The fourth-order valence-corrected chi connectivity index (χ4v) is 3.31. The molecule has 0 fully saturated rings. The molecule has 1 unspecified atom stereocenters. The van der Waals surface area contributed by atoms with E-state index in [9.17, 15) is 17.4 Å². The first-order chi connectivity index (χ1) is 10.7. The Balaban J connectivity index is 2.62. The van der Waals surface area contributed by atoms with Crippen molar-refractivity contribution in [1.29, 1.82) is 5.26 Å². The summed E-state index contributed by atoms with van der Waals surface area (Å²) in [7, 11) is -1.46. The van der Waals surface area contributed by atoms with Crippen LogP contribution in [0.5, 0.6) is 0 Å². The summed E-state index contributed by atoms with van der Waals surface area (Å²) in [6, 6.07) is 3.21. The number of halogens is 5. The van der Waals surface area contributed by atoms with E-state index < -0.39 is 22.5 Å². The van der Waals surface area contributed by atoms with E-state index in [2.05, 4.69) is 5.10 Å². The SMILES string of the molecule is CCS(=O)c1cn(-c2c(Cl)cc(C(F)(F)F)cc2Cl)nc1C#N. The van der Waals surface area contributed by atoms with Gasteiger partial charge in [-0.05, 0) is 12.1 Å². The molecule has 0 saturated carbocycles. The van der Waals surface area contributed by atoms with Gasteiger partial charge in [0.15, 0.2) is 5.69 Å². The Morgan fingerprint density at radius 2 is 1.91 bits per heavy atom. The normalized spacial score (nSPS) is 12.9. The van der Waals surface area contributed by atoms with Crippen LogP contribution in [0.15, 0.2) is 23.2 Å². The van der Waals surface area contributed by atoms with Crippen molar-refractivity contribution >= 4 is 34.0 Å². The van der Waals surface area contributed by atoms with Gasteiger partial charge in [0.1, 0.15) is 11.8 Å². The van der Waals surface area contributed by atoms with Crippen LogP contribution < -0.4 is 0 Å². The van der Waals surface area contributed by atoms with Gasteiger partial charge in [0.2, 0.25) is 0 Å². The van der Waals surface area contributed by atoms with Crippen LogP contribution in [0.1, 0.15) is 18.2 Å². The maximum Gasteiger partial charge on any atom is 0.416 e. The number of nitrogens with zero attached hydrogens (tertiary/aromatic N) is 3. The summed E-state index contributed by atoms with van der Waals surface area (Å²) in [5.74, 6) is 0.259. The smallest absolute Gasteiger partial charge is 0.254 e. The first-order valence-corrected chi connectivity index (χ1v) is 8.21. The van der Waals surface area contributed by atoms with Crippen LogP contribution in [-0.2, 0) is 17.0 Å². The fourth-order valence-electron chi connectivity index (χ4n) is 1.82. The third-order valence-electron chi connectivity index (χ3n) is 2.87. The quantitative estimate of drug-likeness (QED) is 0.800. The van der Waals surface area contributed by atoms with E-state index in [0.717, 1.165) is 4.68 Å². The Morgan fingerprint density at radius 3 is 2.35 bits per heavy atom. The van der Waals surface area contributed by atoms with Crippen molar-refractivity contribution in [2.75, 3.05) is 5.75 Å². The molecule has 0 bridgehead atoms. The molecular weight excluding hydrogens is 374 g/mol. The second kappa shape index (κ2) is 6.51. The van der Waals surface area contributed by atoms with Gasteiger partial charge >= 0.3 is 6.18 Å². The largest absolute Gasteiger partial charge is 0.416 e. The van der Waals surface area contributed by atoms with Gasteiger partial charge in [0, 0.05) is 11.9 Å². The lowest BCUT2D eigenvalue weighted by atomic mass is 10.2. The Hall–Kier alpha value is -1.56. The number of hydrogen-bond acceptors (Lipinski definition) is 3. The first kappa shape index (κ1) is 17.8. The molecule has 1 atom stereocenters. The maximum atomic E-state index is 12.7. The summed E-state index contributed by atoms with van der Waals surface area (Å²) >= 11 is 11.8. The van der Waals surface area contributed by atoms with Gasteiger partial charge in [-0.15, -0.1) is 0 Å². The van der Waals surface area contributed by atoms with Gasteiger partial charge in [0.25, 0.3) is 0 Å². The minimum atomic E-state index is -4.59. The third kappa shape index (κ3) is 3.52. The lowest BCUT2D eigenvalue weighted by Crippen LogP contribution is -2.07. The number of alkyl halides is 3. The average molecular weight is 382 g/mol. The fraction of sp³-hybridized carbons (Fsp3) is 0.231. The molecule has 0 aliphatic rings. The lowest BCUT2D eigenvalue weighted by molar-refractivity contribution is -0.137. The molecule has 23 heavy (non-hydrogen) atoms. The first-order valence-electron chi connectivity index (χ1n) is 6.13. The van der Waals surface area contributed by atoms with E-state index >= 15 is 0 Å². The molecule has 2 rings (SSSR count). The van der Waals surface area contributed by atoms with Crippen LogP contribution in [0, 0.1) is 11.3 Å². The molecule has 0 aliphatic carbocycles. The number of nitriles is 1. The van der Waals surface area contributed by atoms with E-state index in [4.69, 9.17) is 28.5 Å². The van der Waals surface area contributed by atoms with Crippen molar-refractivity contribution in [3.05, 3.63) is 39.6 Å². The Kier molecular flexibility index (Phi) is 5.04. The summed E-state index contributed by atoms with van der Waals surface area (Å²) in [5, 5.41) is 12.4. The van der Waals surface area contributed by atoms with Crippen LogP contribution in [-0.4, -0.2) is 19.7 Å². The van der Waals surface area contributed by atoms with Crippen molar-refractivity contribution in [1.82, 2.24) is 9.78 Å². The molecule has 0 N–H and O–H groups in total. The van der Waals surface area contributed by atoms with Crippen molar-refractivity contribution in [3.63, 3.8) is 0 Å². The van der Waals surface area contributed by atoms with Crippen LogP contribution in [0.3, 0.4) is 0 Å². The lowest BCUT2D eigenvalue weighted by Gasteiger charge is -2.12. The van der Waals surface area contributed by atoms with E-state index in [1.807, 2.05) is 0 Å². The number of rotatable bonds is 3. The topological polar surface area (TPSA) is 58.7 Å². The van der Waals surface area contributed by atoms with E-state index in [1.165, 1.54) is 6.20 Å². The van der Waals surface area contributed by atoms with Gasteiger partial charge in [-0.1, -0.05) is 30.1 Å². The minimum absolute atomic E-state index is 0.0165. The second-order valence-electron chi connectivity index (χ2n) is 4.32. The van der Waals surface area contributed by atoms with E-state index in [-0.39, 0.29) is 32.1 Å².